The first-order valence-electron chi connectivity index (χ1n) is 13.2. The largest absolute Gasteiger partial charge is 0.475 e. The molecule has 2 aliphatic rings. The van der Waals surface area contributed by atoms with Crippen LogP contribution in [0.25, 0.3) is 0 Å². The Bertz CT molecular complexity index is 1090. The fourth-order valence-corrected chi connectivity index (χ4v) is 4.98. The highest BCUT2D eigenvalue weighted by Gasteiger charge is 2.43. The second-order valence-electron chi connectivity index (χ2n) is 11.0. The lowest BCUT2D eigenvalue weighted by molar-refractivity contribution is -0.131. The van der Waals surface area contributed by atoms with Crippen molar-refractivity contribution in [2.75, 3.05) is 26.2 Å². The molecular formula is C27H37BF2N4O5. The van der Waals surface area contributed by atoms with Crippen LogP contribution in [0.5, 0.6) is 0 Å². The minimum atomic E-state index is -2.80. The zero-order chi connectivity index (χ0) is 28.8. The summed E-state index contributed by atoms with van der Waals surface area (Å²) in [6.45, 7) is 5.27. The second kappa shape index (κ2) is 12.9. The van der Waals surface area contributed by atoms with Crippen LogP contribution >= 0.6 is 0 Å². The van der Waals surface area contributed by atoms with Crippen LogP contribution in [0.3, 0.4) is 0 Å². The molecule has 3 N–H and O–H groups in total. The molecule has 2 aliphatic heterocycles. The lowest BCUT2D eigenvalue weighted by atomic mass is 9.76. The molecule has 2 atom stereocenters. The van der Waals surface area contributed by atoms with E-state index in [1.54, 1.807) is 18.7 Å². The number of benzene rings is 1. The van der Waals surface area contributed by atoms with Gasteiger partial charge in [0, 0.05) is 25.0 Å². The van der Waals surface area contributed by atoms with Gasteiger partial charge in [0.25, 0.3) is 11.8 Å². The Kier molecular flexibility index (Phi) is 10.1. The summed E-state index contributed by atoms with van der Waals surface area (Å²) in [7, 11) is -1.81. The number of alkyl halides is 2. The van der Waals surface area contributed by atoms with E-state index in [0.29, 0.717) is 19.4 Å². The van der Waals surface area contributed by atoms with E-state index in [-0.39, 0.29) is 31.6 Å². The molecule has 2 fully saturated rings. The number of amides is 2. The van der Waals surface area contributed by atoms with Crippen molar-refractivity contribution in [2.45, 2.75) is 76.3 Å². The van der Waals surface area contributed by atoms with E-state index in [0.717, 1.165) is 17.5 Å². The molecule has 0 unspecified atom stereocenters. The molecule has 0 spiro atoms. The van der Waals surface area contributed by atoms with Crippen molar-refractivity contribution in [3.63, 3.8) is 0 Å². The van der Waals surface area contributed by atoms with Gasteiger partial charge in [0.2, 0.25) is 0 Å². The van der Waals surface area contributed by atoms with E-state index >= 15 is 0 Å². The molecule has 0 radical (unpaired) electrons. The number of ether oxygens (including phenoxy) is 1. The van der Waals surface area contributed by atoms with E-state index in [1.165, 1.54) is 11.0 Å². The normalized spacial score (nSPS) is 20.7. The van der Waals surface area contributed by atoms with Crippen LogP contribution in [0.2, 0.25) is 0 Å². The number of hydrogen-bond acceptors (Lipinski definition) is 7. The Labute approximate surface area is 228 Å². The third kappa shape index (κ3) is 8.49. The van der Waals surface area contributed by atoms with Crippen LogP contribution in [-0.2, 0) is 16.0 Å². The van der Waals surface area contributed by atoms with Crippen molar-refractivity contribution in [2.24, 2.45) is 0 Å². The van der Waals surface area contributed by atoms with Gasteiger partial charge in [0.15, 0.2) is 0 Å². The van der Waals surface area contributed by atoms with Crippen LogP contribution in [-0.4, -0.2) is 88.7 Å². The third-order valence-corrected chi connectivity index (χ3v) is 7.37. The number of carbonyl (C=O) groups excluding carboxylic acids is 2. The molecule has 0 bridgehead atoms. The second-order valence-corrected chi connectivity index (χ2v) is 11.0. The summed E-state index contributed by atoms with van der Waals surface area (Å²) in [5.74, 6) is -4.34. The van der Waals surface area contributed by atoms with Crippen LogP contribution in [0.4, 0.5) is 13.6 Å². The molecule has 2 amide bonds. The Hall–Kier alpha value is -3.01. The number of rotatable bonds is 9. The van der Waals surface area contributed by atoms with Crippen LogP contribution in [0.15, 0.2) is 35.9 Å². The molecule has 12 heteroatoms. The lowest BCUT2D eigenvalue weighted by Gasteiger charge is -2.36. The van der Waals surface area contributed by atoms with Gasteiger partial charge in [-0.3, -0.25) is 9.69 Å². The SMILES string of the molecule is Cc1ccc(C[C@H](NC(=O)OC[C@H]2CCCCN2C(=O)/C(C#N)=C\C(C)(C)N2CCC(F)(F)C2)B(O)O)cc1. The Balaban J connectivity index is 1.62. The van der Waals surface area contributed by atoms with Crippen molar-refractivity contribution in [1.29, 1.82) is 5.26 Å². The number of likely N-dealkylation sites (tertiary alicyclic amines) is 2. The van der Waals surface area contributed by atoms with Crippen LogP contribution in [0, 0.1) is 18.3 Å². The maximum Gasteiger partial charge on any atom is 0.475 e. The van der Waals surface area contributed by atoms with Gasteiger partial charge in [-0.2, -0.15) is 5.26 Å². The smallest absolute Gasteiger partial charge is 0.447 e. The maximum absolute atomic E-state index is 13.8. The summed E-state index contributed by atoms with van der Waals surface area (Å²) in [6.07, 6.45) is 2.55. The summed E-state index contributed by atoms with van der Waals surface area (Å²) in [5, 5.41) is 31.7. The lowest BCUT2D eigenvalue weighted by Crippen LogP contribution is -2.50. The zero-order valence-corrected chi connectivity index (χ0v) is 22.7. The van der Waals surface area contributed by atoms with E-state index in [2.05, 4.69) is 5.32 Å². The summed E-state index contributed by atoms with van der Waals surface area (Å²) in [5.41, 5.74) is 0.779. The topological polar surface area (TPSA) is 126 Å². The molecule has 39 heavy (non-hydrogen) atoms. The number of nitrogens with zero attached hydrogens (tertiary/aromatic N) is 3. The van der Waals surface area contributed by atoms with Gasteiger partial charge in [-0.25, -0.2) is 13.6 Å². The van der Waals surface area contributed by atoms with Crippen molar-refractivity contribution in [3.05, 3.63) is 47.0 Å². The van der Waals surface area contributed by atoms with Crippen molar-refractivity contribution in [1.82, 2.24) is 15.1 Å². The molecule has 1 aromatic rings. The highest BCUT2D eigenvalue weighted by atomic mass is 19.3. The summed E-state index contributed by atoms with van der Waals surface area (Å²) in [6, 6.07) is 8.88. The first-order chi connectivity index (χ1) is 18.3. The van der Waals surface area contributed by atoms with Crippen LogP contribution < -0.4 is 5.32 Å². The van der Waals surface area contributed by atoms with Crippen molar-refractivity contribution < 1.29 is 33.2 Å². The predicted molar refractivity (Wildman–Crippen MR) is 142 cm³/mol. The zero-order valence-electron chi connectivity index (χ0n) is 22.7. The highest BCUT2D eigenvalue weighted by Crippen LogP contribution is 2.33. The molecular weight excluding hydrogens is 509 g/mol. The van der Waals surface area contributed by atoms with Gasteiger partial charge in [-0.1, -0.05) is 29.8 Å². The van der Waals surface area contributed by atoms with Crippen molar-refractivity contribution >= 4 is 19.1 Å². The molecule has 0 saturated carbocycles. The molecule has 212 valence electrons. The number of halogens is 2. The van der Waals surface area contributed by atoms with Gasteiger partial charge in [0.1, 0.15) is 18.2 Å². The number of alkyl carbamates (subject to hydrolysis) is 1. The van der Waals surface area contributed by atoms with Crippen LogP contribution in [0.1, 0.15) is 50.7 Å². The van der Waals surface area contributed by atoms with E-state index in [9.17, 15) is 33.7 Å². The average molecular weight is 546 g/mol. The molecule has 1 aromatic carbocycles. The van der Waals surface area contributed by atoms with Gasteiger partial charge < -0.3 is 25.0 Å². The molecule has 3 rings (SSSR count). The summed E-state index contributed by atoms with van der Waals surface area (Å²) >= 11 is 0. The molecule has 9 nitrogen and oxygen atoms in total. The predicted octanol–water partition coefficient (Wildman–Crippen LogP) is 2.60. The van der Waals surface area contributed by atoms with E-state index < -0.39 is 49.1 Å². The Morgan fingerprint density at radius 3 is 2.56 bits per heavy atom. The molecule has 0 aliphatic carbocycles. The Morgan fingerprint density at radius 2 is 1.97 bits per heavy atom. The van der Waals surface area contributed by atoms with Gasteiger partial charge >= 0.3 is 13.2 Å². The molecule has 0 aromatic heterocycles. The Morgan fingerprint density at radius 1 is 1.28 bits per heavy atom. The molecule has 2 saturated heterocycles. The molecule has 2 heterocycles. The van der Waals surface area contributed by atoms with E-state index in [1.807, 2.05) is 37.3 Å². The summed E-state index contributed by atoms with van der Waals surface area (Å²) in [4.78, 5) is 28.9. The van der Waals surface area contributed by atoms with Crippen molar-refractivity contribution in [3.8, 4) is 6.07 Å². The number of carbonyl (C=O) groups is 2. The fraction of sp³-hybridized carbons (Fsp3) is 0.593. The van der Waals surface area contributed by atoms with Gasteiger partial charge in [0.05, 0.1) is 18.5 Å². The first-order valence-corrected chi connectivity index (χ1v) is 13.2. The first kappa shape index (κ1) is 30.5. The highest BCUT2D eigenvalue weighted by molar-refractivity contribution is 6.43. The quantitative estimate of drug-likeness (QED) is 0.247. The minimum absolute atomic E-state index is 0.142. The monoisotopic (exact) mass is 546 g/mol. The maximum atomic E-state index is 13.8. The van der Waals surface area contributed by atoms with E-state index in [4.69, 9.17) is 4.74 Å². The van der Waals surface area contributed by atoms with Gasteiger partial charge in [-0.15, -0.1) is 0 Å². The standard InChI is InChI=1S/C27H37BF2N4O5/c1-19-7-9-20(10-8-19)14-23(28(37)38)32-25(36)39-17-22-6-4-5-12-34(22)24(35)21(16-31)15-26(2,3)33-13-11-27(29,30)18-33/h7-10,15,22-23,37-38H,4-6,11-14,17-18H2,1-3H3,(H,32,36)/b21-15-/t22-,23+/m1/s1. The third-order valence-electron chi connectivity index (χ3n) is 7.37. The van der Waals surface area contributed by atoms with Gasteiger partial charge in [-0.05, 0) is 58.1 Å². The number of nitrogens with one attached hydrogen (secondary N) is 1. The average Bonchev–Trinajstić information content (AvgIpc) is 3.27. The fourth-order valence-electron chi connectivity index (χ4n) is 4.98. The minimum Gasteiger partial charge on any atom is -0.447 e. The number of piperidine rings is 1. The number of hydrogen-bond donors (Lipinski definition) is 3. The number of aryl methyl sites for hydroxylation is 1. The summed E-state index contributed by atoms with van der Waals surface area (Å²) < 4.78 is 32.9. The number of nitriles is 1.